The van der Waals surface area contributed by atoms with Crippen LogP contribution >= 0.6 is 0 Å². The van der Waals surface area contributed by atoms with Gasteiger partial charge in [-0.05, 0) is 40.0 Å². The van der Waals surface area contributed by atoms with Crippen LogP contribution in [-0.2, 0) is 14.3 Å². The van der Waals surface area contributed by atoms with Gasteiger partial charge in [-0.15, -0.1) is 0 Å². The van der Waals surface area contributed by atoms with Crippen LogP contribution in [0.5, 0.6) is 0 Å². The third-order valence-electron chi connectivity index (χ3n) is 3.85. The van der Waals surface area contributed by atoms with Gasteiger partial charge in [0.2, 0.25) is 0 Å². The number of hydrogen-bond donors (Lipinski definition) is 1. The lowest BCUT2D eigenvalue weighted by Crippen LogP contribution is -2.48. The number of likely N-dealkylation sites (tertiary alicyclic amines) is 1. The van der Waals surface area contributed by atoms with Crippen LogP contribution in [0.15, 0.2) is 0 Å². The van der Waals surface area contributed by atoms with Gasteiger partial charge in [0.05, 0.1) is 18.1 Å². The van der Waals surface area contributed by atoms with Crippen molar-refractivity contribution in [1.29, 1.82) is 0 Å². The van der Waals surface area contributed by atoms with E-state index in [9.17, 15) is 14.7 Å². The largest absolute Gasteiger partial charge is 0.481 e. The lowest BCUT2D eigenvalue weighted by atomic mass is 9.75. The van der Waals surface area contributed by atoms with Crippen molar-refractivity contribution >= 4 is 12.1 Å². The molecule has 114 valence electrons. The molecule has 0 aromatic heterocycles. The number of carboxylic acids is 1. The topological polar surface area (TPSA) is 79.4 Å². The highest BCUT2D eigenvalue weighted by molar-refractivity contribution is 5.76. The van der Waals surface area contributed by atoms with E-state index in [1.807, 2.05) is 20.8 Å². The fourth-order valence-electron chi connectivity index (χ4n) is 2.57. The molecule has 2 fully saturated rings. The van der Waals surface area contributed by atoms with Crippen molar-refractivity contribution in [2.24, 2.45) is 5.41 Å². The zero-order valence-electron chi connectivity index (χ0n) is 12.3. The number of carbonyl (C=O) groups is 2. The van der Waals surface area contributed by atoms with Gasteiger partial charge in [-0.25, -0.2) is 4.79 Å². The third-order valence-corrected chi connectivity index (χ3v) is 3.85. The van der Waals surface area contributed by atoms with Crippen molar-refractivity contribution in [2.45, 2.75) is 51.7 Å². The molecular weight excluding hydrogens is 262 g/mol. The first kappa shape index (κ1) is 15.1. The van der Waals surface area contributed by atoms with Crippen LogP contribution in [0.4, 0.5) is 4.79 Å². The number of nitrogens with zero attached hydrogens (tertiary/aromatic N) is 1. The van der Waals surface area contributed by atoms with Gasteiger partial charge < -0.3 is 19.5 Å². The van der Waals surface area contributed by atoms with Crippen molar-refractivity contribution in [3.8, 4) is 0 Å². The van der Waals surface area contributed by atoms with Crippen molar-refractivity contribution in [2.75, 3.05) is 19.7 Å². The molecule has 6 heteroatoms. The molecular formula is C14H23NO5. The summed E-state index contributed by atoms with van der Waals surface area (Å²) in [7, 11) is 0. The Morgan fingerprint density at radius 3 is 2.30 bits per heavy atom. The van der Waals surface area contributed by atoms with Crippen molar-refractivity contribution in [1.82, 2.24) is 4.90 Å². The number of rotatable bonds is 3. The summed E-state index contributed by atoms with van der Waals surface area (Å²) in [6, 6.07) is 0. The third kappa shape index (κ3) is 3.62. The lowest BCUT2D eigenvalue weighted by molar-refractivity contribution is -0.153. The molecule has 0 spiro atoms. The lowest BCUT2D eigenvalue weighted by Gasteiger charge is -2.39. The Bertz CT molecular complexity index is 389. The average Bonchev–Trinajstić information content (AvgIpc) is 3.11. The standard InChI is InChI=1S/C14H23NO5/c1-13(2,3)20-12(18)15-6-4-14(5-7-15,11(16)17)8-10-9-19-10/h10H,4-9H2,1-3H3,(H,16,17)/t10-/m0/s1. The number of amides is 1. The maximum absolute atomic E-state index is 12.0. The number of piperidine rings is 1. The van der Waals surface area contributed by atoms with Gasteiger partial charge in [0.15, 0.2) is 0 Å². The van der Waals surface area contributed by atoms with Crippen molar-refractivity contribution in [3.63, 3.8) is 0 Å². The van der Waals surface area contributed by atoms with E-state index >= 15 is 0 Å². The van der Waals surface area contributed by atoms with Crippen molar-refractivity contribution in [3.05, 3.63) is 0 Å². The first-order valence-electron chi connectivity index (χ1n) is 7.05. The van der Waals surface area contributed by atoms with Crippen molar-refractivity contribution < 1.29 is 24.2 Å². The number of carbonyl (C=O) groups excluding carboxylic acids is 1. The van der Waals surface area contributed by atoms with E-state index in [4.69, 9.17) is 9.47 Å². The van der Waals surface area contributed by atoms with E-state index in [0.29, 0.717) is 39.0 Å². The van der Waals surface area contributed by atoms with Crippen LogP contribution in [0.1, 0.15) is 40.0 Å². The van der Waals surface area contributed by atoms with Crippen LogP contribution in [0, 0.1) is 5.41 Å². The van der Waals surface area contributed by atoms with Gasteiger partial charge in [-0.2, -0.15) is 0 Å². The molecule has 2 heterocycles. The Morgan fingerprint density at radius 1 is 1.35 bits per heavy atom. The summed E-state index contributed by atoms with van der Waals surface area (Å²) in [5.74, 6) is -0.781. The molecule has 20 heavy (non-hydrogen) atoms. The Hall–Kier alpha value is -1.30. The minimum atomic E-state index is -0.781. The van der Waals surface area contributed by atoms with Crippen LogP contribution in [0.2, 0.25) is 0 Å². The zero-order chi connectivity index (χ0) is 15.0. The number of hydrogen-bond acceptors (Lipinski definition) is 4. The second-order valence-corrected chi connectivity index (χ2v) is 6.71. The summed E-state index contributed by atoms with van der Waals surface area (Å²) in [5.41, 5.74) is -1.28. The van der Waals surface area contributed by atoms with Crippen LogP contribution in [0.25, 0.3) is 0 Å². The molecule has 0 aromatic rings. The zero-order valence-corrected chi connectivity index (χ0v) is 12.3. The maximum atomic E-state index is 12.0. The molecule has 0 bridgehead atoms. The highest BCUT2D eigenvalue weighted by Gasteiger charge is 2.46. The Labute approximate surface area is 119 Å². The molecule has 2 aliphatic rings. The molecule has 2 aliphatic heterocycles. The number of carboxylic acid groups (broad SMARTS) is 1. The normalized spacial score (nSPS) is 25.1. The van der Waals surface area contributed by atoms with Crippen LogP contribution in [0.3, 0.4) is 0 Å². The average molecular weight is 285 g/mol. The minimum absolute atomic E-state index is 0.0826. The monoisotopic (exact) mass is 285 g/mol. The molecule has 0 saturated carbocycles. The van der Waals surface area contributed by atoms with E-state index in [2.05, 4.69) is 0 Å². The summed E-state index contributed by atoms with van der Waals surface area (Å²) in [6.45, 7) is 6.97. The molecule has 0 aliphatic carbocycles. The molecule has 6 nitrogen and oxygen atoms in total. The second kappa shape index (κ2) is 5.24. The minimum Gasteiger partial charge on any atom is -0.481 e. The smallest absolute Gasteiger partial charge is 0.410 e. The first-order chi connectivity index (χ1) is 9.22. The molecule has 2 saturated heterocycles. The fourth-order valence-corrected chi connectivity index (χ4v) is 2.57. The molecule has 0 aromatic carbocycles. The van der Waals surface area contributed by atoms with Gasteiger partial charge in [-0.3, -0.25) is 4.79 Å². The first-order valence-corrected chi connectivity index (χ1v) is 7.05. The van der Waals surface area contributed by atoms with Crippen LogP contribution < -0.4 is 0 Å². The number of ether oxygens (including phenoxy) is 2. The van der Waals surface area contributed by atoms with E-state index in [1.54, 1.807) is 4.90 Å². The maximum Gasteiger partial charge on any atom is 0.410 e. The Balaban J connectivity index is 1.92. The predicted octanol–water partition coefficient (Wildman–Crippen LogP) is 1.88. The second-order valence-electron chi connectivity index (χ2n) is 6.71. The van der Waals surface area contributed by atoms with Gasteiger partial charge in [-0.1, -0.05) is 0 Å². The van der Waals surface area contributed by atoms with E-state index in [0.717, 1.165) is 0 Å². The summed E-state index contributed by atoms with van der Waals surface area (Å²) in [6.07, 6.45) is 1.19. The molecule has 0 radical (unpaired) electrons. The van der Waals surface area contributed by atoms with Gasteiger partial charge in [0.25, 0.3) is 0 Å². The molecule has 1 atom stereocenters. The summed E-state index contributed by atoms with van der Waals surface area (Å²) < 4.78 is 10.5. The van der Waals surface area contributed by atoms with Gasteiger partial charge >= 0.3 is 12.1 Å². The summed E-state index contributed by atoms with van der Waals surface area (Å²) >= 11 is 0. The number of aliphatic carboxylic acids is 1. The van der Waals surface area contributed by atoms with E-state index in [1.165, 1.54) is 0 Å². The van der Waals surface area contributed by atoms with E-state index < -0.39 is 17.0 Å². The summed E-state index contributed by atoms with van der Waals surface area (Å²) in [5, 5.41) is 9.49. The van der Waals surface area contributed by atoms with Crippen LogP contribution in [-0.4, -0.2) is 53.5 Å². The predicted molar refractivity (Wildman–Crippen MR) is 71.5 cm³/mol. The Morgan fingerprint density at radius 2 is 1.90 bits per heavy atom. The van der Waals surface area contributed by atoms with Gasteiger partial charge in [0, 0.05) is 13.1 Å². The fraction of sp³-hybridized carbons (Fsp3) is 0.857. The highest BCUT2D eigenvalue weighted by atomic mass is 16.6. The van der Waals surface area contributed by atoms with Gasteiger partial charge in [0.1, 0.15) is 5.60 Å². The van der Waals surface area contributed by atoms with E-state index in [-0.39, 0.29) is 12.2 Å². The quantitative estimate of drug-likeness (QED) is 0.801. The molecule has 1 N–H and O–H groups in total. The SMILES string of the molecule is CC(C)(C)OC(=O)N1CCC(C[C@H]2CO2)(C(=O)O)CC1. The summed E-state index contributed by atoms with van der Waals surface area (Å²) in [4.78, 5) is 25.1. The Kier molecular flexibility index (Phi) is 3.95. The highest BCUT2D eigenvalue weighted by Crippen LogP contribution is 2.39. The molecule has 1 amide bonds. The molecule has 0 unspecified atom stereocenters. The molecule has 2 rings (SSSR count). The number of epoxide rings is 1.